The number of carbonyl (C=O) groups excluding carboxylic acids is 1. The Bertz CT molecular complexity index is 796. The summed E-state index contributed by atoms with van der Waals surface area (Å²) >= 11 is 1.54. The van der Waals surface area contributed by atoms with Crippen molar-refractivity contribution in [1.29, 1.82) is 0 Å². The van der Waals surface area contributed by atoms with Crippen molar-refractivity contribution >= 4 is 23.1 Å². The standard InChI is InChI=1S/C16H17N5OS/c1-11-10-23-15(18-11)12(2)19-16(22)20-13-5-3-6-14(9-13)21-8-4-7-17-21/h3-10,12H,1-2H3,(H2,19,20,22). The van der Waals surface area contributed by atoms with Crippen molar-refractivity contribution in [2.45, 2.75) is 19.9 Å². The third kappa shape index (κ3) is 3.75. The molecule has 1 atom stereocenters. The first-order chi connectivity index (χ1) is 11.1. The number of hydrogen-bond acceptors (Lipinski definition) is 4. The van der Waals surface area contributed by atoms with Gasteiger partial charge in [0.05, 0.1) is 11.7 Å². The second-order valence-corrected chi connectivity index (χ2v) is 6.04. The summed E-state index contributed by atoms with van der Waals surface area (Å²) in [5.74, 6) is 0. The van der Waals surface area contributed by atoms with Crippen molar-refractivity contribution in [3.05, 3.63) is 58.8 Å². The maximum Gasteiger partial charge on any atom is 0.319 e. The molecule has 6 nitrogen and oxygen atoms in total. The van der Waals surface area contributed by atoms with Crippen LogP contribution >= 0.6 is 11.3 Å². The molecule has 3 aromatic rings. The van der Waals surface area contributed by atoms with Crippen LogP contribution in [-0.4, -0.2) is 20.8 Å². The fourth-order valence-corrected chi connectivity index (χ4v) is 2.95. The first kappa shape index (κ1) is 15.2. The molecule has 0 bridgehead atoms. The summed E-state index contributed by atoms with van der Waals surface area (Å²) in [7, 11) is 0. The van der Waals surface area contributed by atoms with Crippen LogP contribution in [0.4, 0.5) is 10.5 Å². The van der Waals surface area contributed by atoms with Gasteiger partial charge in [0.15, 0.2) is 0 Å². The lowest BCUT2D eigenvalue weighted by atomic mass is 10.3. The van der Waals surface area contributed by atoms with E-state index in [1.165, 1.54) is 0 Å². The van der Waals surface area contributed by atoms with Crippen LogP contribution in [0.5, 0.6) is 0 Å². The summed E-state index contributed by atoms with van der Waals surface area (Å²) < 4.78 is 1.74. The summed E-state index contributed by atoms with van der Waals surface area (Å²) in [6, 6.07) is 8.96. The lowest BCUT2D eigenvalue weighted by Crippen LogP contribution is -2.31. The minimum Gasteiger partial charge on any atom is -0.329 e. The topological polar surface area (TPSA) is 71.8 Å². The van der Waals surface area contributed by atoms with Crippen LogP contribution < -0.4 is 10.6 Å². The summed E-state index contributed by atoms with van der Waals surface area (Å²) in [4.78, 5) is 16.5. The quantitative estimate of drug-likeness (QED) is 0.770. The van der Waals surface area contributed by atoms with Gasteiger partial charge in [-0.15, -0.1) is 11.3 Å². The van der Waals surface area contributed by atoms with Gasteiger partial charge in [-0.25, -0.2) is 14.5 Å². The molecule has 1 aromatic carbocycles. The maximum atomic E-state index is 12.1. The van der Waals surface area contributed by atoms with Crippen molar-refractivity contribution in [3.8, 4) is 5.69 Å². The Labute approximate surface area is 138 Å². The van der Waals surface area contributed by atoms with Gasteiger partial charge in [-0.1, -0.05) is 6.07 Å². The zero-order valence-electron chi connectivity index (χ0n) is 12.9. The van der Waals surface area contributed by atoms with Gasteiger partial charge in [0, 0.05) is 29.2 Å². The second kappa shape index (κ2) is 6.62. The highest BCUT2D eigenvalue weighted by Crippen LogP contribution is 2.18. The molecule has 1 unspecified atom stereocenters. The highest BCUT2D eigenvalue weighted by Gasteiger charge is 2.12. The van der Waals surface area contributed by atoms with E-state index in [1.54, 1.807) is 22.2 Å². The van der Waals surface area contributed by atoms with E-state index in [9.17, 15) is 4.79 Å². The highest BCUT2D eigenvalue weighted by molar-refractivity contribution is 7.09. The number of benzene rings is 1. The molecule has 0 aliphatic heterocycles. The molecule has 23 heavy (non-hydrogen) atoms. The highest BCUT2D eigenvalue weighted by atomic mass is 32.1. The minimum atomic E-state index is -0.261. The largest absolute Gasteiger partial charge is 0.329 e. The van der Waals surface area contributed by atoms with Gasteiger partial charge in [-0.2, -0.15) is 5.10 Å². The SMILES string of the molecule is Cc1csc(C(C)NC(=O)Nc2cccc(-n3cccn3)c2)n1. The minimum absolute atomic E-state index is 0.136. The van der Waals surface area contributed by atoms with Crippen LogP contribution in [0.3, 0.4) is 0 Å². The van der Waals surface area contributed by atoms with Crippen molar-refractivity contribution in [2.75, 3.05) is 5.32 Å². The molecule has 0 spiro atoms. The van der Waals surface area contributed by atoms with Gasteiger partial charge in [0.25, 0.3) is 0 Å². The van der Waals surface area contributed by atoms with Gasteiger partial charge in [0.2, 0.25) is 0 Å². The third-order valence-corrected chi connectivity index (χ3v) is 4.37. The Kier molecular flexibility index (Phi) is 4.38. The van der Waals surface area contributed by atoms with E-state index in [0.29, 0.717) is 5.69 Å². The molecule has 7 heteroatoms. The number of thiazole rings is 1. The first-order valence-corrected chi connectivity index (χ1v) is 8.09. The van der Waals surface area contributed by atoms with E-state index in [-0.39, 0.29) is 12.1 Å². The first-order valence-electron chi connectivity index (χ1n) is 7.21. The molecule has 2 amide bonds. The van der Waals surface area contributed by atoms with Gasteiger partial charge < -0.3 is 10.6 Å². The number of carbonyl (C=O) groups is 1. The van der Waals surface area contributed by atoms with Crippen LogP contribution in [0.25, 0.3) is 5.69 Å². The van der Waals surface area contributed by atoms with E-state index in [2.05, 4.69) is 20.7 Å². The number of nitrogens with one attached hydrogen (secondary N) is 2. The molecule has 0 aliphatic rings. The Morgan fingerprint density at radius 3 is 2.91 bits per heavy atom. The summed E-state index contributed by atoms with van der Waals surface area (Å²) in [6.45, 7) is 3.85. The van der Waals surface area contributed by atoms with Gasteiger partial charge in [0.1, 0.15) is 5.01 Å². The van der Waals surface area contributed by atoms with Gasteiger partial charge in [-0.05, 0) is 38.1 Å². The Morgan fingerprint density at radius 2 is 2.22 bits per heavy atom. The Hall–Kier alpha value is -2.67. The summed E-state index contributed by atoms with van der Waals surface area (Å²) in [6.07, 6.45) is 3.57. The van der Waals surface area contributed by atoms with E-state index < -0.39 is 0 Å². The third-order valence-electron chi connectivity index (χ3n) is 3.23. The van der Waals surface area contributed by atoms with E-state index in [0.717, 1.165) is 16.4 Å². The van der Waals surface area contributed by atoms with Gasteiger partial charge in [-0.3, -0.25) is 0 Å². The van der Waals surface area contributed by atoms with Crippen LogP contribution in [-0.2, 0) is 0 Å². The average molecular weight is 327 g/mol. The van der Waals surface area contributed by atoms with Crippen molar-refractivity contribution in [2.24, 2.45) is 0 Å². The second-order valence-electron chi connectivity index (χ2n) is 5.15. The lowest BCUT2D eigenvalue weighted by molar-refractivity contribution is 0.249. The van der Waals surface area contributed by atoms with Crippen LogP contribution in [0.15, 0.2) is 48.1 Å². The van der Waals surface area contributed by atoms with Gasteiger partial charge >= 0.3 is 6.03 Å². The fourth-order valence-electron chi connectivity index (χ4n) is 2.14. The molecule has 0 saturated carbocycles. The molecule has 0 aliphatic carbocycles. The number of nitrogens with zero attached hydrogens (tertiary/aromatic N) is 3. The molecule has 0 radical (unpaired) electrons. The number of aryl methyl sites for hydroxylation is 1. The number of anilines is 1. The van der Waals surface area contributed by atoms with E-state index in [4.69, 9.17) is 0 Å². The summed E-state index contributed by atoms with van der Waals surface area (Å²) in [5, 5.41) is 12.8. The van der Waals surface area contributed by atoms with Crippen LogP contribution in [0.2, 0.25) is 0 Å². The lowest BCUT2D eigenvalue weighted by Gasteiger charge is -2.13. The molecule has 0 saturated heterocycles. The zero-order valence-corrected chi connectivity index (χ0v) is 13.7. The van der Waals surface area contributed by atoms with E-state index >= 15 is 0 Å². The smallest absolute Gasteiger partial charge is 0.319 e. The molecular weight excluding hydrogens is 310 g/mol. The Morgan fingerprint density at radius 1 is 1.35 bits per heavy atom. The van der Waals surface area contributed by atoms with Crippen molar-refractivity contribution < 1.29 is 4.79 Å². The molecule has 2 heterocycles. The number of rotatable bonds is 4. The molecule has 2 aromatic heterocycles. The van der Waals surface area contributed by atoms with Crippen molar-refractivity contribution in [1.82, 2.24) is 20.1 Å². The van der Waals surface area contributed by atoms with Crippen LogP contribution in [0, 0.1) is 6.92 Å². The molecule has 0 fully saturated rings. The maximum absolute atomic E-state index is 12.1. The predicted octanol–water partition coefficient (Wildman–Crippen LogP) is 3.52. The molecule has 118 valence electrons. The monoisotopic (exact) mass is 327 g/mol. The number of aromatic nitrogens is 3. The molecule has 2 N–H and O–H groups in total. The summed E-state index contributed by atoms with van der Waals surface area (Å²) in [5.41, 5.74) is 2.56. The molecule has 3 rings (SSSR count). The number of urea groups is 1. The van der Waals surface area contributed by atoms with Crippen LogP contribution in [0.1, 0.15) is 23.7 Å². The fraction of sp³-hybridized carbons (Fsp3) is 0.188. The zero-order chi connectivity index (χ0) is 16.2. The van der Waals surface area contributed by atoms with Crippen molar-refractivity contribution in [3.63, 3.8) is 0 Å². The Balaban J connectivity index is 1.65. The predicted molar refractivity (Wildman–Crippen MR) is 91.0 cm³/mol. The molecular formula is C16H17N5OS. The number of hydrogen-bond donors (Lipinski definition) is 2. The van der Waals surface area contributed by atoms with E-state index in [1.807, 2.05) is 55.8 Å². The average Bonchev–Trinajstić information content (AvgIpc) is 3.18. The normalized spacial score (nSPS) is 11.9. The number of amides is 2.